The van der Waals surface area contributed by atoms with Gasteiger partial charge in [0.05, 0.1) is 6.04 Å². The van der Waals surface area contributed by atoms with Gasteiger partial charge in [0.25, 0.3) is 5.91 Å². The lowest BCUT2D eigenvalue weighted by molar-refractivity contribution is -0.133. The summed E-state index contributed by atoms with van der Waals surface area (Å²) in [6.07, 6.45) is 0.576. The number of hydrogen-bond acceptors (Lipinski definition) is 2. The largest absolute Gasteiger partial charge is 0.338 e. The van der Waals surface area contributed by atoms with E-state index < -0.39 is 5.54 Å². The van der Waals surface area contributed by atoms with Crippen LogP contribution in [0.3, 0.4) is 0 Å². The highest BCUT2D eigenvalue weighted by Gasteiger charge is 2.48. The summed E-state index contributed by atoms with van der Waals surface area (Å²) >= 11 is 3.40. The van der Waals surface area contributed by atoms with Gasteiger partial charge in [-0.25, -0.2) is 0 Å². The van der Waals surface area contributed by atoms with Crippen LogP contribution >= 0.6 is 15.9 Å². The number of carbonyl (C=O) groups excluding carboxylic acids is 2. The molecule has 3 aromatic carbocycles. The van der Waals surface area contributed by atoms with E-state index in [2.05, 4.69) is 45.5 Å². The second-order valence-electron chi connectivity index (χ2n) is 8.12. The van der Waals surface area contributed by atoms with Gasteiger partial charge >= 0.3 is 0 Å². The standard InChI is InChI=1S/C25H21BrN2O2/c1-25(27-23(29)16-7-6-8-17(26)15-16)13-14-28(24(25)30)22-20-11-4-2-9-18(20)19-10-3-5-12-21(19)22/h2-12,15,22H,13-14H2,1H3,(H,27,29). The summed E-state index contributed by atoms with van der Waals surface area (Å²) in [5.41, 5.74) is 4.26. The van der Waals surface area contributed by atoms with E-state index in [9.17, 15) is 9.59 Å². The second kappa shape index (κ2) is 7.10. The Labute approximate surface area is 184 Å². The fourth-order valence-electron chi connectivity index (χ4n) is 4.65. The summed E-state index contributed by atoms with van der Waals surface area (Å²) in [5.74, 6) is -0.274. The molecule has 1 heterocycles. The third kappa shape index (κ3) is 2.96. The van der Waals surface area contributed by atoms with Gasteiger partial charge in [0.2, 0.25) is 5.91 Å². The van der Waals surface area contributed by atoms with Gasteiger partial charge in [-0.2, -0.15) is 0 Å². The zero-order chi connectivity index (χ0) is 20.9. The average Bonchev–Trinajstić information content (AvgIpc) is 3.22. The maximum Gasteiger partial charge on any atom is 0.252 e. The Kier molecular flexibility index (Phi) is 4.51. The van der Waals surface area contributed by atoms with Crippen LogP contribution in [0.15, 0.2) is 77.3 Å². The Morgan fingerprint density at radius 3 is 2.27 bits per heavy atom. The van der Waals surface area contributed by atoms with Crippen LogP contribution in [0.1, 0.15) is 40.9 Å². The zero-order valence-electron chi connectivity index (χ0n) is 16.6. The van der Waals surface area contributed by atoms with Crippen molar-refractivity contribution in [3.8, 4) is 11.1 Å². The molecular formula is C25H21BrN2O2. The van der Waals surface area contributed by atoms with Crippen LogP contribution in [0.25, 0.3) is 11.1 Å². The van der Waals surface area contributed by atoms with Gasteiger partial charge in [-0.05, 0) is 53.8 Å². The van der Waals surface area contributed by atoms with Crippen molar-refractivity contribution in [3.05, 3.63) is 94.0 Å². The van der Waals surface area contributed by atoms with Crippen LogP contribution in [0.5, 0.6) is 0 Å². The Morgan fingerprint density at radius 2 is 1.63 bits per heavy atom. The molecule has 1 fully saturated rings. The minimum Gasteiger partial charge on any atom is -0.338 e. The van der Waals surface area contributed by atoms with E-state index in [0.29, 0.717) is 18.5 Å². The average molecular weight is 461 g/mol. The maximum atomic E-state index is 13.6. The van der Waals surface area contributed by atoms with Crippen LogP contribution in [-0.4, -0.2) is 28.8 Å². The predicted octanol–water partition coefficient (Wildman–Crippen LogP) is 4.94. The first-order chi connectivity index (χ1) is 14.5. The van der Waals surface area contributed by atoms with Crippen molar-refractivity contribution in [1.82, 2.24) is 10.2 Å². The van der Waals surface area contributed by atoms with Crippen molar-refractivity contribution in [3.63, 3.8) is 0 Å². The van der Waals surface area contributed by atoms with Crippen LogP contribution in [-0.2, 0) is 4.79 Å². The number of hydrogen-bond donors (Lipinski definition) is 1. The van der Waals surface area contributed by atoms with E-state index >= 15 is 0 Å². The van der Waals surface area contributed by atoms with Gasteiger partial charge in [0.15, 0.2) is 0 Å². The molecule has 5 heteroatoms. The number of halogens is 1. The van der Waals surface area contributed by atoms with Crippen LogP contribution in [0, 0.1) is 0 Å². The van der Waals surface area contributed by atoms with E-state index in [1.807, 2.05) is 48.2 Å². The van der Waals surface area contributed by atoms with Gasteiger partial charge in [-0.1, -0.05) is 70.5 Å². The molecule has 30 heavy (non-hydrogen) atoms. The molecule has 1 N–H and O–H groups in total. The van der Waals surface area contributed by atoms with Crippen LogP contribution < -0.4 is 5.32 Å². The van der Waals surface area contributed by atoms with Gasteiger partial charge in [0, 0.05) is 16.6 Å². The van der Waals surface area contributed by atoms with Crippen molar-refractivity contribution in [2.24, 2.45) is 0 Å². The molecule has 1 aliphatic carbocycles. The third-order valence-corrected chi connectivity index (χ3v) is 6.67. The smallest absolute Gasteiger partial charge is 0.252 e. The quantitative estimate of drug-likeness (QED) is 0.601. The first kappa shape index (κ1) is 19.1. The monoisotopic (exact) mass is 460 g/mol. The lowest BCUT2D eigenvalue weighted by Gasteiger charge is -2.29. The zero-order valence-corrected chi connectivity index (χ0v) is 18.1. The molecule has 0 bridgehead atoms. The van der Waals surface area contributed by atoms with Crippen molar-refractivity contribution >= 4 is 27.7 Å². The summed E-state index contributed by atoms with van der Waals surface area (Å²) < 4.78 is 0.832. The Morgan fingerprint density at radius 1 is 1.00 bits per heavy atom. The fourth-order valence-corrected chi connectivity index (χ4v) is 5.05. The normalized spacial score (nSPS) is 20.2. The lowest BCUT2D eigenvalue weighted by atomic mass is 9.99. The topological polar surface area (TPSA) is 49.4 Å². The number of fused-ring (bicyclic) bond motifs is 3. The van der Waals surface area contributed by atoms with Gasteiger partial charge in [0.1, 0.15) is 5.54 Å². The Hall–Kier alpha value is -2.92. The van der Waals surface area contributed by atoms with Crippen LogP contribution in [0.4, 0.5) is 0 Å². The van der Waals surface area contributed by atoms with E-state index in [1.165, 1.54) is 11.1 Å². The molecule has 2 aliphatic rings. The number of amides is 2. The molecule has 5 rings (SSSR count). The predicted molar refractivity (Wildman–Crippen MR) is 120 cm³/mol. The Bertz CT molecular complexity index is 1130. The van der Waals surface area contributed by atoms with E-state index in [1.54, 1.807) is 12.1 Å². The minimum atomic E-state index is -0.925. The molecular weight excluding hydrogens is 440 g/mol. The maximum absolute atomic E-state index is 13.6. The highest BCUT2D eigenvalue weighted by atomic mass is 79.9. The van der Waals surface area contributed by atoms with Crippen molar-refractivity contribution in [2.75, 3.05) is 6.54 Å². The first-order valence-electron chi connectivity index (χ1n) is 10.1. The molecule has 2 amide bonds. The Balaban J connectivity index is 1.46. The van der Waals surface area contributed by atoms with Gasteiger partial charge < -0.3 is 10.2 Å². The van der Waals surface area contributed by atoms with E-state index in [0.717, 1.165) is 15.6 Å². The fraction of sp³-hybridized carbons (Fsp3) is 0.200. The second-order valence-corrected chi connectivity index (χ2v) is 9.04. The summed E-state index contributed by atoms with van der Waals surface area (Å²) in [6, 6.07) is 23.6. The number of nitrogens with zero attached hydrogens (tertiary/aromatic N) is 1. The number of nitrogens with one attached hydrogen (secondary N) is 1. The summed E-state index contributed by atoms with van der Waals surface area (Å²) in [5, 5.41) is 3.00. The van der Waals surface area contributed by atoms with Crippen molar-refractivity contribution < 1.29 is 9.59 Å². The molecule has 4 nitrogen and oxygen atoms in total. The number of likely N-dealkylation sites (tertiary alicyclic amines) is 1. The van der Waals surface area contributed by atoms with E-state index in [-0.39, 0.29) is 17.9 Å². The molecule has 1 unspecified atom stereocenters. The summed E-state index contributed by atoms with van der Waals surface area (Å²) in [6.45, 7) is 2.43. The van der Waals surface area contributed by atoms with Crippen LogP contribution in [0.2, 0.25) is 0 Å². The van der Waals surface area contributed by atoms with Gasteiger partial charge in [-0.15, -0.1) is 0 Å². The molecule has 1 aliphatic heterocycles. The summed E-state index contributed by atoms with van der Waals surface area (Å²) in [7, 11) is 0. The molecule has 1 atom stereocenters. The number of benzene rings is 3. The third-order valence-electron chi connectivity index (χ3n) is 6.17. The molecule has 0 spiro atoms. The molecule has 0 saturated carbocycles. The number of rotatable bonds is 3. The van der Waals surface area contributed by atoms with E-state index in [4.69, 9.17) is 0 Å². The summed E-state index contributed by atoms with van der Waals surface area (Å²) in [4.78, 5) is 28.3. The molecule has 150 valence electrons. The van der Waals surface area contributed by atoms with Crippen molar-refractivity contribution in [1.29, 1.82) is 0 Å². The molecule has 0 aromatic heterocycles. The molecule has 0 radical (unpaired) electrons. The first-order valence-corrected chi connectivity index (χ1v) is 10.8. The lowest BCUT2D eigenvalue weighted by Crippen LogP contribution is -2.52. The molecule has 1 saturated heterocycles. The highest BCUT2D eigenvalue weighted by molar-refractivity contribution is 9.10. The molecule has 3 aromatic rings. The van der Waals surface area contributed by atoms with Crippen molar-refractivity contribution in [2.45, 2.75) is 24.9 Å². The highest BCUT2D eigenvalue weighted by Crippen LogP contribution is 2.48. The van der Waals surface area contributed by atoms with Gasteiger partial charge in [-0.3, -0.25) is 9.59 Å². The SMILES string of the molecule is CC1(NC(=O)c2cccc(Br)c2)CCN(C2c3ccccc3-c3ccccc32)C1=O. The number of carbonyl (C=O) groups is 2. The minimum absolute atomic E-state index is 0.0395.